The summed E-state index contributed by atoms with van der Waals surface area (Å²) in [7, 11) is 0. The van der Waals surface area contributed by atoms with Gasteiger partial charge in [-0.3, -0.25) is 4.79 Å². The molecule has 1 N–H and O–H groups in total. The molecule has 1 heterocycles. The second-order valence-corrected chi connectivity index (χ2v) is 6.42. The molecule has 1 aliphatic rings. The molecule has 0 atom stereocenters. The maximum Gasteiger partial charge on any atom is 0.220 e. The van der Waals surface area contributed by atoms with E-state index in [9.17, 15) is 4.79 Å². The highest BCUT2D eigenvalue weighted by atomic mass is 16.1. The van der Waals surface area contributed by atoms with Crippen molar-refractivity contribution >= 4 is 5.91 Å². The van der Waals surface area contributed by atoms with E-state index in [-0.39, 0.29) is 11.3 Å². The standard InChI is InChI=1S/C14H28N2O.C2H6/c1-5-16-8-6-12(7-9-16)11-15-13(17)10-14(2,3)4;1-2/h12H,5-11H2,1-4H3,(H,15,17);1-2H3. The van der Waals surface area contributed by atoms with Crippen LogP contribution in [0.4, 0.5) is 0 Å². The van der Waals surface area contributed by atoms with Crippen molar-refractivity contribution in [3.8, 4) is 0 Å². The molecule has 1 rings (SSSR count). The lowest BCUT2D eigenvalue weighted by Gasteiger charge is -2.31. The largest absolute Gasteiger partial charge is 0.356 e. The number of carbonyl (C=O) groups is 1. The third-order valence-corrected chi connectivity index (χ3v) is 3.43. The van der Waals surface area contributed by atoms with Crippen molar-refractivity contribution in [2.24, 2.45) is 11.3 Å². The van der Waals surface area contributed by atoms with E-state index in [1.165, 1.54) is 25.9 Å². The van der Waals surface area contributed by atoms with Crippen LogP contribution in [0.5, 0.6) is 0 Å². The SMILES string of the molecule is CC.CCN1CCC(CNC(=O)CC(C)(C)C)CC1. The molecular formula is C16H34N2O. The molecule has 1 fully saturated rings. The number of nitrogens with zero attached hydrogens (tertiary/aromatic N) is 1. The number of rotatable bonds is 4. The summed E-state index contributed by atoms with van der Waals surface area (Å²) >= 11 is 0. The van der Waals surface area contributed by atoms with Crippen molar-refractivity contribution in [3.05, 3.63) is 0 Å². The quantitative estimate of drug-likeness (QED) is 0.850. The van der Waals surface area contributed by atoms with Crippen molar-refractivity contribution < 1.29 is 4.79 Å². The van der Waals surface area contributed by atoms with Gasteiger partial charge in [-0.15, -0.1) is 0 Å². The number of piperidine rings is 1. The molecule has 19 heavy (non-hydrogen) atoms. The van der Waals surface area contributed by atoms with Crippen molar-refractivity contribution in [2.75, 3.05) is 26.2 Å². The molecule has 1 amide bonds. The summed E-state index contributed by atoms with van der Waals surface area (Å²) in [6.45, 7) is 16.9. The van der Waals surface area contributed by atoms with Crippen LogP contribution in [0, 0.1) is 11.3 Å². The minimum atomic E-state index is 0.0929. The van der Waals surface area contributed by atoms with E-state index in [4.69, 9.17) is 0 Å². The van der Waals surface area contributed by atoms with E-state index in [1.807, 2.05) is 13.8 Å². The lowest BCUT2D eigenvalue weighted by Crippen LogP contribution is -2.39. The fourth-order valence-electron chi connectivity index (χ4n) is 2.31. The Labute approximate surface area is 120 Å². The Balaban J connectivity index is 0.00000154. The monoisotopic (exact) mass is 270 g/mol. The first kappa shape index (κ1) is 18.4. The number of amides is 1. The van der Waals surface area contributed by atoms with Crippen LogP contribution in [0.3, 0.4) is 0 Å². The smallest absolute Gasteiger partial charge is 0.220 e. The van der Waals surface area contributed by atoms with E-state index in [0.717, 1.165) is 13.1 Å². The van der Waals surface area contributed by atoms with Gasteiger partial charge in [-0.1, -0.05) is 41.5 Å². The number of nitrogens with one attached hydrogen (secondary N) is 1. The summed E-state index contributed by atoms with van der Waals surface area (Å²) in [6, 6.07) is 0. The lowest BCUT2D eigenvalue weighted by atomic mass is 9.91. The predicted octanol–water partition coefficient (Wildman–Crippen LogP) is 3.30. The van der Waals surface area contributed by atoms with Crippen LogP contribution in [0.25, 0.3) is 0 Å². The molecule has 3 heteroatoms. The summed E-state index contributed by atoms with van der Waals surface area (Å²) in [5.41, 5.74) is 0.0929. The van der Waals surface area contributed by atoms with Crippen molar-refractivity contribution in [3.63, 3.8) is 0 Å². The Morgan fingerprint density at radius 3 is 2.16 bits per heavy atom. The van der Waals surface area contributed by atoms with Crippen molar-refractivity contribution in [2.45, 2.75) is 60.8 Å². The molecule has 1 saturated heterocycles. The van der Waals surface area contributed by atoms with Crippen LogP contribution in [-0.2, 0) is 4.79 Å². The van der Waals surface area contributed by atoms with Gasteiger partial charge in [0, 0.05) is 13.0 Å². The molecule has 0 bridgehead atoms. The molecule has 1 aliphatic heterocycles. The Bertz CT molecular complexity index is 238. The van der Waals surface area contributed by atoms with Crippen LogP contribution < -0.4 is 5.32 Å². The first-order chi connectivity index (χ1) is 8.90. The van der Waals surface area contributed by atoms with Gasteiger partial charge in [0.25, 0.3) is 0 Å². The highest BCUT2D eigenvalue weighted by Crippen LogP contribution is 2.19. The van der Waals surface area contributed by atoms with Gasteiger partial charge in [-0.2, -0.15) is 0 Å². The van der Waals surface area contributed by atoms with Crippen LogP contribution in [-0.4, -0.2) is 37.0 Å². The zero-order valence-electron chi connectivity index (χ0n) is 13.9. The minimum absolute atomic E-state index is 0.0929. The molecule has 0 aromatic heterocycles. The fourth-order valence-corrected chi connectivity index (χ4v) is 2.31. The van der Waals surface area contributed by atoms with E-state index >= 15 is 0 Å². The lowest BCUT2D eigenvalue weighted by molar-refractivity contribution is -0.123. The Hall–Kier alpha value is -0.570. The second-order valence-electron chi connectivity index (χ2n) is 6.42. The minimum Gasteiger partial charge on any atom is -0.356 e. The van der Waals surface area contributed by atoms with E-state index in [2.05, 4.69) is 37.9 Å². The van der Waals surface area contributed by atoms with Gasteiger partial charge in [-0.05, 0) is 43.8 Å². The number of carbonyl (C=O) groups excluding carboxylic acids is 1. The molecule has 0 aliphatic carbocycles. The summed E-state index contributed by atoms with van der Waals surface area (Å²) < 4.78 is 0. The molecule has 0 saturated carbocycles. The van der Waals surface area contributed by atoms with Gasteiger partial charge in [-0.25, -0.2) is 0 Å². The van der Waals surface area contributed by atoms with Gasteiger partial charge in [0.2, 0.25) is 5.91 Å². The van der Waals surface area contributed by atoms with Crippen molar-refractivity contribution in [1.82, 2.24) is 10.2 Å². The molecule has 114 valence electrons. The predicted molar refractivity (Wildman–Crippen MR) is 83.3 cm³/mol. The molecule has 0 radical (unpaired) electrons. The highest BCUT2D eigenvalue weighted by molar-refractivity contribution is 5.76. The number of hydrogen-bond donors (Lipinski definition) is 1. The van der Waals surface area contributed by atoms with E-state index in [0.29, 0.717) is 12.3 Å². The summed E-state index contributed by atoms with van der Waals surface area (Å²) in [5.74, 6) is 0.886. The van der Waals surface area contributed by atoms with Gasteiger partial charge >= 0.3 is 0 Å². The van der Waals surface area contributed by atoms with Gasteiger partial charge in [0.1, 0.15) is 0 Å². The molecule has 0 unspecified atom stereocenters. The first-order valence-electron chi connectivity index (χ1n) is 7.90. The third-order valence-electron chi connectivity index (χ3n) is 3.43. The number of likely N-dealkylation sites (tertiary alicyclic amines) is 1. The van der Waals surface area contributed by atoms with Gasteiger partial charge < -0.3 is 10.2 Å². The molecule has 0 spiro atoms. The average Bonchev–Trinajstić information content (AvgIpc) is 2.37. The molecule has 0 aromatic carbocycles. The molecular weight excluding hydrogens is 236 g/mol. The normalized spacial score (nSPS) is 17.6. The molecule has 3 nitrogen and oxygen atoms in total. The summed E-state index contributed by atoms with van der Waals surface area (Å²) in [5, 5.41) is 3.08. The highest BCUT2D eigenvalue weighted by Gasteiger charge is 2.20. The average molecular weight is 270 g/mol. The first-order valence-corrected chi connectivity index (χ1v) is 7.90. The Morgan fingerprint density at radius 2 is 1.74 bits per heavy atom. The Morgan fingerprint density at radius 1 is 1.21 bits per heavy atom. The van der Waals surface area contributed by atoms with E-state index in [1.54, 1.807) is 0 Å². The maximum absolute atomic E-state index is 11.7. The zero-order chi connectivity index (χ0) is 14.9. The van der Waals surface area contributed by atoms with Gasteiger partial charge in [0.05, 0.1) is 0 Å². The van der Waals surface area contributed by atoms with Crippen LogP contribution in [0.15, 0.2) is 0 Å². The van der Waals surface area contributed by atoms with Crippen molar-refractivity contribution in [1.29, 1.82) is 0 Å². The molecule has 0 aromatic rings. The topological polar surface area (TPSA) is 32.3 Å². The maximum atomic E-state index is 11.7. The fraction of sp³-hybridized carbons (Fsp3) is 0.938. The van der Waals surface area contributed by atoms with E-state index < -0.39 is 0 Å². The van der Waals surface area contributed by atoms with Crippen LogP contribution in [0.2, 0.25) is 0 Å². The zero-order valence-corrected chi connectivity index (χ0v) is 13.9. The Kier molecular flexibility index (Phi) is 9.07. The summed E-state index contributed by atoms with van der Waals surface area (Å²) in [4.78, 5) is 14.2. The third kappa shape index (κ3) is 9.04. The van der Waals surface area contributed by atoms with Crippen LogP contribution in [0.1, 0.15) is 60.8 Å². The van der Waals surface area contributed by atoms with Crippen LogP contribution >= 0.6 is 0 Å². The van der Waals surface area contributed by atoms with Gasteiger partial charge in [0.15, 0.2) is 0 Å². The number of hydrogen-bond acceptors (Lipinski definition) is 2. The summed E-state index contributed by atoms with van der Waals surface area (Å²) in [6.07, 6.45) is 3.08. The second kappa shape index (κ2) is 9.35.